The molecule has 71 heavy (non-hydrogen) atoms. The van der Waals surface area contributed by atoms with E-state index in [0.29, 0.717) is 32.3 Å². The summed E-state index contributed by atoms with van der Waals surface area (Å²) in [5.41, 5.74) is -2.85. The maximum absolute atomic E-state index is 12.3. The van der Waals surface area contributed by atoms with Gasteiger partial charge in [0.05, 0.1) is 50.3 Å². The first-order valence-electron chi connectivity index (χ1n) is 25.1. The van der Waals surface area contributed by atoms with Crippen LogP contribution in [0.15, 0.2) is 12.2 Å². The van der Waals surface area contributed by atoms with Crippen molar-refractivity contribution in [2.75, 3.05) is 26.4 Å². The van der Waals surface area contributed by atoms with Crippen molar-refractivity contribution in [3.63, 3.8) is 0 Å². The molecule has 21 nitrogen and oxygen atoms in total. The molecule has 2 bridgehead atoms. The first-order valence-corrected chi connectivity index (χ1v) is 26.4. The van der Waals surface area contributed by atoms with Crippen LogP contribution in [0.3, 0.4) is 0 Å². The zero-order valence-corrected chi connectivity index (χ0v) is 44.9. The SMILES string of the molecule is C[C@@H]1O[C@@H](O[C@H]2CC[C@@]3(C)C(CC[C@]4(C)[C@@H]3C=C[C@]35OC[C@@]6(CCC(C)(C)C[C@H]63)[C@@H](O)C[C@]54C)[C@]2(C)CO)[C@H](O[C@@H]2O[C@H](CO)[C@@H](OS(=O)(=O)[O-])[C@H](O)[C@H]2O)[C@@H](O[C@@H]2O[C@H](CO)[C@@H](O)[C@H](O)[C@H]2O)[C@@H]1O.[Na+]. The Hall–Kier alpha value is -0.0700. The van der Waals surface area contributed by atoms with Crippen LogP contribution >= 0.6 is 0 Å². The summed E-state index contributed by atoms with van der Waals surface area (Å²) in [7, 11) is -5.49. The summed E-state index contributed by atoms with van der Waals surface area (Å²) >= 11 is 0. The fourth-order valence-corrected chi connectivity index (χ4v) is 16.5. The van der Waals surface area contributed by atoms with Crippen LogP contribution in [-0.4, -0.2) is 200 Å². The van der Waals surface area contributed by atoms with Crippen LogP contribution in [0.5, 0.6) is 0 Å². The van der Waals surface area contributed by atoms with Gasteiger partial charge in [-0.05, 0) is 86.4 Å². The molecule has 4 heterocycles. The molecule has 5 aliphatic carbocycles. The van der Waals surface area contributed by atoms with Crippen LogP contribution in [0.4, 0.5) is 0 Å². The molecule has 0 aromatic carbocycles. The van der Waals surface area contributed by atoms with Gasteiger partial charge < -0.3 is 88.8 Å². The van der Waals surface area contributed by atoms with Gasteiger partial charge in [-0.1, -0.05) is 53.7 Å². The van der Waals surface area contributed by atoms with Crippen molar-refractivity contribution in [1.29, 1.82) is 0 Å². The zero-order valence-electron chi connectivity index (χ0n) is 42.1. The predicted molar refractivity (Wildman–Crippen MR) is 238 cm³/mol. The Morgan fingerprint density at radius 2 is 1.31 bits per heavy atom. The molecule has 9 rings (SSSR count). The van der Waals surface area contributed by atoms with Gasteiger partial charge in [-0.2, -0.15) is 0 Å². The van der Waals surface area contributed by atoms with E-state index in [1.807, 2.05) is 6.92 Å². The Bertz CT molecular complexity index is 2070. The van der Waals surface area contributed by atoms with Gasteiger partial charge in [-0.15, -0.1) is 0 Å². The van der Waals surface area contributed by atoms with Crippen LogP contribution in [0.1, 0.15) is 99.8 Å². The van der Waals surface area contributed by atoms with Crippen molar-refractivity contribution >= 4 is 10.4 Å². The topological polar surface area (TPSA) is 333 Å². The Balaban J connectivity index is 0.00000676. The van der Waals surface area contributed by atoms with E-state index in [1.165, 1.54) is 6.92 Å². The molecule has 23 heteroatoms. The summed E-state index contributed by atoms with van der Waals surface area (Å²) in [5.74, 6) is 0.0150. The molecule has 0 aromatic heterocycles. The van der Waals surface area contributed by atoms with E-state index in [9.17, 15) is 64.0 Å². The summed E-state index contributed by atoms with van der Waals surface area (Å²) < 4.78 is 83.3. The molecule has 4 saturated carbocycles. The van der Waals surface area contributed by atoms with Gasteiger partial charge in [0.1, 0.15) is 67.1 Å². The van der Waals surface area contributed by atoms with Gasteiger partial charge in [0.15, 0.2) is 18.9 Å². The Kier molecular flexibility index (Phi) is 15.8. The molecular weight excluding hydrogens is 968 g/mol. The van der Waals surface area contributed by atoms with Crippen LogP contribution in [0.2, 0.25) is 0 Å². The number of aliphatic hydroxyl groups excluding tert-OH is 10. The van der Waals surface area contributed by atoms with Gasteiger partial charge in [-0.25, -0.2) is 8.42 Å². The van der Waals surface area contributed by atoms with E-state index in [4.69, 9.17) is 33.2 Å². The van der Waals surface area contributed by atoms with E-state index in [1.54, 1.807) is 0 Å². The Labute approximate surface area is 437 Å². The van der Waals surface area contributed by atoms with Crippen LogP contribution in [0.25, 0.3) is 0 Å². The van der Waals surface area contributed by atoms with Gasteiger partial charge in [-0.3, -0.25) is 4.18 Å². The number of fused-ring (bicyclic) bond motifs is 4. The molecule has 402 valence electrons. The molecule has 0 amide bonds. The predicted octanol–water partition coefficient (Wildman–Crippen LogP) is -3.91. The molecule has 0 aromatic rings. The third kappa shape index (κ3) is 8.76. The molecule has 4 aliphatic heterocycles. The second-order valence-corrected chi connectivity index (χ2v) is 25.3. The summed E-state index contributed by atoms with van der Waals surface area (Å²) in [6.45, 7) is 13.4. The van der Waals surface area contributed by atoms with E-state index in [-0.39, 0.29) is 70.2 Å². The monoisotopic (exact) mass is 1040 g/mol. The van der Waals surface area contributed by atoms with Crippen molar-refractivity contribution in [3.8, 4) is 0 Å². The summed E-state index contributed by atoms with van der Waals surface area (Å²) in [4.78, 5) is 0. The van der Waals surface area contributed by atoms with Crippen LogP contribution in [0, 0.1) is 50.2 Å². The van der Waals surface area contributed by atoms with Crippen molar-refractivity contribution < 1.29 is 131 Å². The number of aliphatic hydroxyl groups is 10. The van der Waals surface area contributed by atoms with E-state index in [2.05, 4.69) is 51.0 Å². The minimum Gasteiger partial charge on any atom is -0.726 e. The van der Waals surface area contributed by atoms with Crippen LogP contribution < -0.4 is 29.6 Å². The quantitative estimate of drug-likeness (QED) is 0.0311. The minimum atomic E-state index is -5.49. The van der Waals surface area contributed by atoms with Crippen LogP contribution in [-0.2, 0) is 47.7 Å². The summed E-state index contributed by atoms with van der Waals surface area (Å²) in [5, 5.41) is 110. The second kappa shape index (κ2) is 19.7. The van der Waals surface area contributed by atoms with Crippen molar-refractivity contribution in [3.05, 3.63) is 12.2 Å². The number of allylic oxidation sites excluding steroid dienone is 1. The summed E-state index contributed by atoms with van der Waals surface area (Å²) in [6, 6.07) is 0. The maximum atomic E-state index is 12.3. The van der Waals surface area contributed by atoms with Crippen molar-refractivity contribution in [2.45, 2.75) is 210 Å². The zero-order chi connectivity index (χ0) is 51.1. The molecule has 9 aliphatic rings. The molecule has 8 fully saturated rings. The Morgan fingerprint density at radius 3 is 1.94 bits per heavy atom. The molecule has 1 spiro atoms. The van der Waals surface area contributed by atoms with Gasteiger partial charge in [0.25, 0.3) is 0 Å². The summed E-state index contributed by atoms with van der Waals surface area (Å²) in [6.07, 6.45) is -17.4. The fraction of sp³-hybridized carbons (Fsp3) is 0.958. The number of ether oxygens (including phenoxy) is 7. The molecule has 4 saturated heterocycles. The largest absolute Gasteiger partial charge is 1.00 e. The first kappa shape index (κ1) is 57.1. The third-order valence-electron chi connectivity index (χ3n) is 20.2. The molecule has 10 N–H and O–H groups in total. The molecule has 26 atom stereocenters. The van der Waals surface area contributed by atoms with Gasteiger partial charge in [0.2, 0.25) is 10.4 Å². The minimum absolute atomic E-state index is 0. The average Bonchev–Trinajstić information content (AvgIpc) is 3.57. The second-order valence-electron chi connectivity index (χ2n) is 24.2. The number of rotatable bonds is 11. The normalized spacial score (nSPS) is 55.5. The van der Waals surface area contributed by atoms with Crippen molar-refractivity contribution in [1.82, 2.24) is 0 Å². The molecule has 1 unspecified atom stereocenters. The average molecular weight is 1050 g/mol. The molecule has 0 radical (unpaired) electrons. The van der Waals surface area contributed by atoms with E-state index < -0.39 is 150 Å². The Morgan fingerprint density at radius 1 is 0.676 bits per heavy atom. The van der Waals surface area contributed by atoms with Gasteiger partial charge in [0, 0.05) is 22.2 Å². The van der Waals surface area contributed by atoms with Crippen molar-refractivity contribution in [2.24, 2.45) is 50.2 Å². The third-order valence-corrected chi connectivity index (χ3v) is 20.7. The van der Waals surface area contributed by atoms with E-state index in [0.717, 1.165) is 25.7 Å². The fourth-order valence-electron chi connectivity index (χ4n) is 16.0. The van der Waals surface area contributed by atoms with E-state index >= 15 is 0 Å². The standard InChI is InChI=1S/C48H78O21S.Na/c1-22-30(53)37(67-39-34(57)32(55)31(54)23(18-49)64-39)38(68-40-35(58)33(56)36(24(19-50)65-40)69-70(59,60)61)41(63-22)66-29-10-11-43(4)25(44(29,5)20-51)8-12-45(6)26(43)9-13-48-27-16-42(2,3)14-15-47(27,21-62-48)28(52)17-46(45,48)7;/h9,13,22-41,49-58H,8,10-12,14-21H2,1-7H3,(H,59,60,61);/q;+1/p-1/t22-,23+,24+,25?,26+,27+,28-,29-,30+,31+,32-,33+,34+,35+,36+,37-,38+,39-,40-,41-,43-,44-,45+,46-,47+,48-;/m0./s1. The molecular formula is C48H77NaO21S. The maximum Gasteiger partial charge on any atom is 1.00 e. The number of hydrogen-bond acceptors (Lipinski definition) is 21. The van der Waals surface area contributed by atoms with Gasteiger partial charge >= 0.3 is 29.6 Å². The smallest absolute Gasteiger partial charge is 0.726 e. The first-order chi connectivity index (χ1) is 32.6. The number of hydrogen-bond donors (Lipinski definition) is 10.